The number of rotatable bonds is 2. The number of aryl methyl sites for hydroxylation is 1. The van der Waals surface area contributed by atoms with Gasteiger partial charge in [0.25, 0.3) is 0 Å². The average Bonchev–Trinajstić information content (AvgIpc) is 3.36. The monoisotopic (exact) mass is 438 g/mol. The molecule has 2 heteroatoms. The van der Waals surface area contributed by atoms with Gasteiger partial charge in [-0.15, -0.1) is 0 Å². The van der Waals surface area contributed by atoms with Crippen LogP contribution in [0.1, 0.15) is 11.1 Å². The Hall–Kier alpha value is -4.04. The highest BCUT2D eigenvalue weighted by Gasteiger charge is 2.20. The second-order valence-electron chi connectivity index (χ2n) is 9.79. The lowest BCUT2D eigenvalue weighted by Gasteiger charge is -2.12. The van der Waals surface area contributed by atoms with E-state index in [1.54, 1.807) is 0 Å². The van der Waals surface area contributed by atoms with Gasteiger partial charge in [0, 0.05) is 43.1 Å². The van der Waals surface area contributed by atoms with Crippen molar-refractivity contribution in [2.45, 2.75) is 6.42 Å². The van der Waals surface area contributed by atoms with Crippen LogP contribution in [0, 0.1) is 0 Å². The number of nitrogens with zero attached hydrogens (tertiary/aromatic N) is 2. The molecule has 0 amide bonds. The summed E-state index contributed by atoms with van der Waals surface area (Å²) in [6.07, 6.45) is 1.02. The maximum absolute atomic E-state index is 2.40. The standard InChI is InChI=1S/C32H26N2/c1-33(2)26-11-12-27-30-18-23(10-13-31(30)34(3)32(27)19-26)22-8-9-24-15-25-14-20-6-4-5-7-21(20)16-29(25)28(24)17-22/h4-14,16-19H,15H2,1-3H3. The van der Waals surface area contributed by atoms with E-state index in [2.05, 4.69) is 122 Å². The van der Waals surface area contributed by atoms with Crippen molar-refractivity contribution < 1.29 is 0 Å². The minimum Gasteiger partial charge on any atom is -0.378 e. The Balaban J connectivity index is 1.38. The molecule has 0 N–H and O–H groups in total. The topological polar surface area (TPSA) is 8.17 Å². The molecule has 1 heterocycles. The Bertz CT molecular complexity index is 1770. The Labute approximate surface area is 199 Å². The van der Waals surface area contributed by atoms with E-state index in [1.807, 2.05) is 0 Å². The smallest absolute Gasteiger partial charge is 0.0509 e. The predicted molar refractivity (Wildman–Crippen MR) is 146 cm³/mol. The second-order valence-corrected chi connectivity index (χ2v) is 9.79. The summed E-state index contributed by atoms with van der Waals surface area (Å²) in [5.41, 5.74) is 12.0. The summed E-state index contributed by atoms with van der Waals surface area (Å²) in [5.74, 6) is 0. The first-order valence-electron chi connectivity index (χ1n) is 11.9. The molecule has 1 aliphatic rings. The molecule has 0 fully saturated rings. The number of fused-ring (bicyclic) bond motifs is 7. The second kappa shape index (κ2) is 6.98. The van der Waals surface area contributed by atoms with Crippen molar-refractivity contribution in [3.8, 4) is 22.3 Å². The fourth-order valence-electron chi connectivity index (χ4n) is 5.71. The van der Waals surface area contributed by atoms with E-state index in [0.29, 0.717) is 0 Å². The van der Waals surface area contributed by atoms with E-state index in [0.717, 1.165) is 6.42 Å². The molecule has 7 rings (SSSR count). The lowest BCUT2D eigenvalue weighted by molar-refractivity contribution is 1.01. The summed E-state index contributed by atoms with van der Waals surface area (Å²) < 4.78 is 2.31. The van der Waals surface area contributed by atoms with Crippen LogP contribution in [-0.2, 0) is 13.5 Å². The molecule has 0 saturated carbocycles. The third-order valence-electron chi connectivity index (χ3n) is 7.59. The van der Waals surface area contributed by atoms with Crippen LogP contribution in [0.5, 0.6) is 0 Å². The number of aromatic nitrogens is 1. The van der Waals surface area contributed by atoms with E-state index in [-0.39, 0.29) is 0 Å². The van der Waals surface area contributed by atoms with Gasteiger partial charge >= 0.3 is 0 Å². The van der Waals surface area contributed by atoms with Crippen LogP contribution in [0.3, 0.4) is 0 Å². The zero-order chi connectivity index (χ0) is 23.0. The van der Waals surface area contributed by atoms with Crippen LogP contribution in [0.4, 0.5) is 5.69 Å². The van der Waals surface area contributed by atoms with Gasteiger partial charge in [0.05, 0.1) is 5.52 Å². The van der Waals surface area contributed by atoms with Crippen LogP contribution >= 0.6 is 0 Å². The minimum absolute atomic E-state index is 1.02. The van der Waals surface area contributed by atoms with Gasteiger partial charge in [-0.2, -0.15) is 0 Å². The van der Waals surface area contributed by atoms with Crippen molar-refractivity contribution >= 4 is 38.3 Å². The van der Waals surface area contributed by atoms with E-state index in [4.69, 9.17) is 0 Å². The summed E-state index contributed by atoms with van der Waals surface area (Å²) >= 11 is 0. The molecular formula is C32H26N2. The largest absolute Gasteiger partial charge is 0.378 e. The van der Waals surface area contributed by atoms with E-state index >= 15 is 0 Å². The van der Waals surface area contributed by atoms with Crippen LogP contribution < -0.4 is 4.90 Å². The van der Waals surface area contributed by atoms with E-state index < -0.39 is 0 Å². The van der Waals surface area contributed by atoms with Crippen molar-refractivity contribution in [1.29, 1.82) is 0 Å². The minimum atomic E-state index is 1.02. The van der Waals surface area contributed by atoms with Crippen molar-refractivity contribution in [1.82, 2.24) is 4.57 Å². The van der Waals surface area contributed by atoms with Crippen LogP contribution in [0.2, 0.25) is 0 Å². The molecule has 2 nitrogen and oxygen atoms in total. The van der Waals surface area contributed by atoms with E-state index in [1.165, 1.54) is 71.6 Å². The first-order chi connectivity index (χ1) is 16.6. The summed E-state index contributed by atoms with van der Waals surface area (Å²) in [7, 11) is 6.36. The molecule has 0 unspecified atom stereocenters. The molecule has 164 valence electrons. The van der Waals surface area contributed by atoms with Crippen molar-refractivity contribution in [3.63, 3.8) is 0 Å². The van der Waals surface area contributed by atoms with Gasteiger partial charge in [-0.05, 0) is 87.0 Å². The average molecular weight is 439 g/mol. The van der Waals surface area contributed by atoms with Gasteiger partial charge in [-0.3, -0.25) is 0 Å². The maximum atomic E-state index is 2.40. The Morgan fingerprint density at radius 2 is 1.35 bits per heavy atom. The lowest BCUT2D eigenvalue weighted by Crippen LogP contribution is -2.08. The van der Waals surface area contributed by atoms with Gasteiger partial charge in [-0.1, -0.05) is 54.6 Å². The zero-order valence-corrected chi connectivity index (χ0v) is 19.8. The fourth-order valence-corrected chi connectivity index (χ4v) is 5.71. The molecule has 0 bridgehead atoms. The molecule has 6 aromatic rings. The highest BCUT2D eigenvalue weighted by atomic mass is 15.1. The van der Waals surface area contributed by atoms with Crippen LogP contribution in [0.25, 0.3) is 54.8 Å². The third-order valence-corrected chi connectivity index (χ3v) is 7.59. The molecule has 0 atom stereocenters. The summed E-state index contributed by atoms with van der Waals surface area (Å²) in [4.78, 5) is 2.16. The molecule has 0 saturated heterocycles. The van der Waals surface area contributed by atoms with Gasteiger partial charge in [0.2, 0.25) is 0 Å². The fraction of sp³-hybridized carbons (Fsp3) is 0.125. The van der Waals surface area contributed by atoms with Crippen molar-refractivity contribution in [3.05, 3.63) is 102 Å². The summed E-state index contributed by atoms with van der Waals surface area (Å²) in [6, 6.07) is 34.1. The zero-order valence-electron chi connectivity index (χ0n) is 19.8. The first kappa shape index (κ1) is 19.4. The number of benzene rings is 5. The van der Waals surface area contributed by atoms with Crippen LogP contribution in [-0.4, -0.2) is 18.7 Å². The number of hydrogen-bond donors (Lipinski definition) is 0. The molecule has 5 aromatic carbocycles. The molecule has 1 aliphatic carbocycles. The molecule has 1 aromatic heterocycles. The Morgan fingerprint density at radius 3 is 2.18 bits per heavy atom. The Morgan fingerprint density at radius 1 is 0.618 bits per heavy atom. The van der Waals surface area contributed by atoms with Gasteiger partial charge in [0.15, 0.2) is 0 Å². The Kier molecular flexibility index (Phi) is 3.99. The first-order valence-corrected chi connectivity index (χ1v) is 11.9. The highest BCUT2D eigenvalue weighted by Crippen LogP contribution is 2.41. The molecule has 0 spiro atoms. The maximum Gasteiger partial charge on any atom is 0.0509 e. The van der Waals surface area contributed by atoms with Crippen molar-refractivity contribution in [2.75, 3.05) is 19.0 Å². The third kappa shape index (κ3) is 2.75. The molecule has 0 aliphatic heterocycles. The van der Waals surface area contributed by atoms with Gasteiger partial charge in [0.1, 0.15) is 0 Å². The van der Waals surface area contributed by atoms with Gasteiger partial charge < -0.3 is 9.47 Å². The van der Waals surface area contributed by atoms with Crippen molar-refractivity contribution in [2.24, 2.45) is 7.05 Å². The summed E-state index contributed by atoms with van der Waals surface area (Å²) in [5, 5.41) is 5.26. The number of anilines is 1. The van der Waals surface area contributed by atoms with Crippen LogP contribution in [0.15, 0.2) is 91.0 Å². The lowest BCUT2D eigenvalue weighted by atomic mass is 9.96. The summed E-state index contributed by atoms with van der Waals surface area (Å²) in [6.45, 7) is 0. The molecule has 0 radical (unpaired) electrons. The quantitative estimate of drug-likeness (QED) is 0.267. The van der Waals surface area contributed by atoms with E-state index in [9.17, 15) is 0 Å². The number of hydrogen-bond acceptors (Lipinski definition) is 1. The predicted octanol–water partition coefficient (Wildman–Crippen LogP) is 7.79. The molecular weight excluding hydrogens is 412 g/mol. The molecule has 34 heavy (non-hydrogen) atoms. The normalized spacial score (nSPS) is 12.4. The van der Waals surface area contributed by atoms with Gasteiger partial charge in [-0.25, -0.2) is 0 Å². The highest BCUT2D eigenvalue weighted by molar-refractivity contribution is 6.10. The SMILES string of the molecule is CN(C)c1ccc2c3cc(-c4ccc5c(c4)-c4cc6ccccc6cc4C5)ccc3n(C)c2c1.